The number of nitrogens with one attached hydrogen (secondary N) is 2. The maximum atomic E-state index is 12.0. The minimum atomic E-state index is -3.08. The topological polar surface area (TPSA) is 70.6 Å². The minimum absolute atomic E-state index is 0.120. The molecule has 114 valence electrons. The molecule has 0 radical (unpaired) electrons. The zero-order valence-corrected chi connectivity index (χ0v) is 13.7. The van der Waals surface area contributed by atoms with Gasteiger partial charge in [0.05, 0.1) is 10.5 Å². The molecule has 0 aliphatic carbocycles. The van der Waals surface area contributed by atoms with Gasteiger partial charge >= 0.3 is 0 Å². The Morgan fingerprint density at radius 1 is 1.16 bits per heavy atom. The molecule has 0 aliphatic heterocycles. The van der Waals surface area contributed by atoms with Crippen molar-refractivity contribution in [3.63, 3.8) is 0 Å². The van der Waals surface area contributed by atoms with Gasteiger partial charge in [0.2, 0.25) is 0 Å². The van der Waals surface area contributed by atoms with Crippen LogP contribution in [0.25, 0.3) is 0 Å². The van der Waals surface area contributed by atoms with Crippen LogP contribution in [0.3, 0.4) is 0 Å². The van der Waals surface area contributed by atoms with Gasteiger partial charge < -0.3 is 10.6 Å². The number of hydrogen-bond acceptors (Lipinski definition) is 3. The summed E-state index contributed by atoms with van der Waals surface area (Å²) >= 11 is 0. The van der Waals surface area contributed by atoms with Crippen molar-refractivity contribution in [3.05, 3.63) is 0 Å². The van der Waals surface area contributed by atoms with E-state index in [1.54, 1.807) is 20.8 Å². The second-order valence-corrected chi connectivity index (χ2v) is 8.33. The molecular weight excluding hydrogens is 262 g/mol. The molecule has 0 bridgehead atoms. The lowest BCUT2D eigenvalue weighted by Gasteiger charge is -2.19. The third kappa shape index (κ3) is 7.40. The number of sulfone groups is 1. The smallest absolute Gasteiger partial charge is 0.191 e. The van der Waals surface area contributed by atoms with Gasteiger partial charge in [-0.2, -0.15) is 0 Å². The standard InChI is InChI=1S/C13H29N3O2S/c1-6-8-9-15-12(14-7-2)16-10-11-19(17,18)13(3,4)5/h6-11H2,1-5H3,(H2,14,15,16). The van der Waals surface area contributed by atoms with Crippen LogP contribution in [0.15, 0.2) is 4.99 Å². The van der Waals surface area contributed by atoms with Gasteiger partial charge in [0.15, 0.2) is 15.8 Å². The van der Waals surface area contributed by atoms with Gasteiger partial charge in [-0.1, -0.05) is 13.3 Å². The highest BCUT2D eigenvalue weighted by Gasteiger charge is 2.28. The Bertz CT molecular complexity index is 370. The quantitative estimate of drug-likeness (QED) is 0.424. The van der Waals surface area contributed by atoms with Crippen LogP contribution in [0.5, 0.6) is 0 Å². The van der Waals surface area contributed by atoms with E-state index in [1.165, 1.54) is 0 Å². The van der Waals surface area contributed by atoms with Gasteiger partial charge in [0, 0.05) is 19.6 Å². The van der Waals surface area contributed by atoms with Crippen LogP contribution in [0.2, 0.25) is 0 Å². The van der Waals surface area contributed by atoms with Crippen LogP contribution >= 0.6 is 0 Å². The third-order valence-corrected chi connectivity index (χ3v) is 5.33. The highest BCUT2D eigenvalue weighted by molar-refractivity contribution is 7.92. The fraction of sp³-hybridized carbons (Fsp3) is 0.923. The lowest BCUT2D eigenvalue weighted by Crippen LogP contribution is -2.41. The molecule has 0 heterocycles. The Labute approximate surface area is 118 Å². The Balaban J connectivity index is 4.31. The van der Waals surface area contributed by atoms with Gasteiger partial charge in [0.1, 0.15) is 0 Å². The molecule has 6 heteroatoms. The SMILES string of the molecule is CCCCN=C(NCC)NCCS(=O)(=O)C(C)(C)C. The lowest BCUT2D eigenvalue weighted by atomic mass is 10.3. The summed E-state index contributed by atoms with van der Waals surface area (Å²) in [7, 11) is -3.08. The summed E-state index contributed by atoms with van der Waals surface area (Å²) in [5.41, 5.74) is 0. The molecule has 0 spiro atoms. The van der Waals surface area contributed by atoms with Crippen molar-refractivity contribution in [2.24, 2.45) is 4.99 Å². The molecular formula is C13H29N3O2S. The van der Waals surface area contributed by atoms with E-state index in [0.29, 0.717) is 12.5 Å². The largest absolute Gasteiger partial charge is 0.357 e. The van der Waals surface area contributed by atoms with Crippen molar-refractivity contribution in [2.45, 2.75) is 52.2 Å². The summed E-state index contributed by atoms with van der Waals surface area (Å²) in [6.07, 6.45) is 2.14. The van der Waals surface area contributed by atoms with E-state index in [0.717, 1.165) is 25.9 Å². The molecule has 0 atom stereocenters. The fourth-order valence-corrected chi connectivity index (χ4v) is 2.28. The van der Waals surface area contributed by atoms with Crippen LogP contribution in [-0.4, -0.2) is 44.5 Å². The van der Waals surface area contributed by atoms with Gasteiger partial charge in [-0.3, -0.25) is 4.99 Å². The first-order valence-electron chi connectivity index (χ1n) is 6.99. The average molecular weight is 291 g/mol. The van der Waals surface area contributed by atoms with Crippen molar-refractivity contribution in [2.75, 3.05) is 25.4 Å². The molecule has 0 rings (SSSR count). The summed E-state index contributed by atoms with van der Waals surface area (Å²) in [5.74, 6) is 0.814. The Kier molecular flexibility index (Phi) is 8.06. The zero-order chi connectivity index (χ0) is 14.9. The average Bonchev–Trinajstić information content (AvgIpc) is 2.27. The maximum Gasteiger partial charge on any atom is 0.191 e. The summed E-state index contributed by atoms with van der Waals surface area (Å²) in [4.78, 5) is 4.38. The van der Waals surface area contributed by atoms with E-state index in [9.17, 15) is 8.42 Å². The molecule has 0 unspecified atom stereocenters. The molecule has 0 aromatic heterocycles. The van der Waals surface area contributed by atoms with Crippen molar-refractivity contribution >= 4 is 15.8 Å². The first-order chi connectivity index (χ1) is 8.74. The number of rotatable bonds is 7. The van der Waals surface area contributed by atoms with Gasteiger partial charge in [-0.05, 0) is 34.1 Å². The van der Waals surface area contributed by atoms with Crippen LogP contribution in [0.4, 0.5) is 0 Å². The first kappa shape index (κ1) is 18.2. The molecule has 0 fully saturated rings. The second-order valence-electron chi connectivity index (χ2n) is 5.47. The number of nitrogens with zero attached hydrogens (tertiary/aromatic N) is 1. The Morgan fingerprint density at radius 3 is 2.26 bits per heavy atom. The van der Waals surface area contributed by atoms with Gasteiger partial charge in [0.25, 0.3) is 0 Å². The van der Waals surface area contributed by atoms with Crippen LogP contribution in [-0.2, 0) is 9.84 Å². The normalized spacial score (nSPS) is 13.4. The molecule has 0 saturated heterocycles. The molecule has 19 heavy (non-hydrogen) atoms. The number of guanidine groups is 1. The van der Waals surface area contributed by atoms with E-state index in [1.807, 2.05) is 6.92 Å². The summed E-state index contributed by atoms with van der Waals surface area (Å²) in [6.45, 7) is 11.2. The van der Waals surface area contributed by atoms with E-state index in [4.69, 9.17) is 0 Å². The highest BCUT2D eigenvalue weighted by Crippen LogP contribution is 2.15. The molecule has 0 saturated carbocycles. The molecule has 0 aromatic rings. The van der Waals surface area contributed by atoms with Crippen molar-refractivity contribution in [1.82, 2.24) is 10.6 Å². The molecule has 0 aromatic carbocycles. The summed E-state index contributed by atoms with van der Waals surface area (Å²) in [5, 5.41) is 6.18. The van der Waals surface area contributed by atoms with E-state index in [2.05, 4.69) is 22.5 Å². The third-order valence-electron chi connectivity index (χ3n) is 2.72. The van der Waals surface area contributed by atoms with E-state index >= 15 is 0 Å². The number of aliphatic imine (C=N–C) groups is 1. The van der Waals surface area contributed by atoms with Crippen LogP contribution in [0, 0.1) is 0 Å². The lowest BCUT2D eigenvalue weighted by molar-refractivity contribution is 0.559. The molecule has 5 nitrogen and oxygen atoms in total. The Hall–Kier alpha value is -0.780. The Morgan fingerprint density at radius 2 is 1.79 bits per heavy atom. The van der Waals surface area contributed by atoms with E-state index in [-0.39, 0.29) is 5.75 Å². The van der Waals surface area contributed by atoms with Crippen molar-refractivity contribution in [1.29, 1.82) is 0 Å². The monoisotopic (exact) mass is 291 g/mol. The predicted molar refractivity (Wildman–Crippen MR) is 82.4 cm³/mol. The van der Waals surface area contributed by atoms with E-state index < -0.39 is 14.6 Å². The number of unbranched alkanes of at least 4 members (excludes halogenated alkanes) is 1. The first-order valence-corrected chi connectivity index (χ1v) is 8.64. The van der Waals surface area contributed by atoms with Crippen molar-refractivity contribution in [3.8, 4) is 0 Å². The van der Waals surface area contributed by atoms with Gasteiger partial charge in [-0.25, -0.2) is 8.42 Å². The predicted octanol–water partition coefficient (Wildman–Crippen LogP) is 1.55. The van der Waals surface area contributed by atoms with Crippen molar-refractivity contribution < 1.29 is 8.42 Å². The van der Waals surface area contributed by atoms with Gasteiger partial charge in [-0.15, -0.1) is 0 Å². The fourth-order valence-electron chi connectivity index (χ4n) is 1.30. The second kappa shape index (κ2) is 8.40. The van der Waals surface area contributed by atoms with Crippen LogP contribution in [0.1, 0.15) is 47.5 Å². The minimum Gasteiger partial charge on any atom is -0.357 e. The highest BCUT2D eigenvalue weighted by atomic mass is 32.2. The number of hydrogen-bond donors (Lipinski definition) is 2. The molecule has 0 amide bonds. The zero-order valence-electron chi connectivity index (χ0n) is 12.9. The summed E-state index contributed by atoms with van der Waals surface area (Å²) < 4.78 is 23.2. The molecule has 2 N–H and O–H groups in total. The molecule has 0 aliphatic rings. The summed E-state index contributed by atoms with van der Waals surface area (Å²) in [6, 6.07) is 0. The maximum absolute atomic E-state index is 12.0. The van der Waals surface area contributed by atoms with Crippen LogP contribution < -0.4 is 10.6 Å².